The van der Waals surface area contributed by atoms with E-state index in [4.69, 9.17) is 47.7 Å². The van der Waals surface area contributed by atoms with Gasteiger partial charge in [-0.3, -0.25) is 38.7 Å². The number of carboxylic acid groups (broad SMARTS) is 1. The number of aryl methyl sites for hydroxylation is 5. The summed E-state index contributed by atoms with van der Waals surface area (Å²) in [5, 5.41) is 16.5. The predicted octanol–water partition coefficient (Wildman–Crippen LogP) is 17.0. The normalized spacial score (nSPS) is 15.3. The Morgan fingerprint density at radius 2 is 1.00 bits per heavy atom. The highest BCUT2D eigenvalue weighted by molar-refractivity contribution is 8.26. The summed E-state index contributed by atoms with van der Waals surface area (Å²) in [6, 6.07) is 12.6. The summed E-state index contributed by atoms with van der Waals surface area (Å²) in [6.07, 6.45) is 16.4. The van der Waals surface area contributed by atoms with Crippen molar-refractivity contribution in [3.8, 4) is 11.3 Å². The molecule has 8 aromatic rings. The first kappa shape index (κ1) is 99.0. The zero-order valence-electron chi connectivity index (χ0n) is 70.7. The molecule has 0 radical (unpaired) electrons. The summed E-state index contributed by atoms with van der Waals surface area (Å²) in [6.45, 7) is 28.2. The molecule has 27 nitrogen and oxygen atoms in total. The minimum atomic E-state index is -0.938. The molecule has 35 heteroatoms. The highest BCUT2D eigenvalue weighted by atomic mass is 35.5. The van der Waals surface area contributed by atoms with Gasteiger partial charge in [-0.15, -0.1) is 82.2 Å². The summed E-state index contributed by atoms with van der Waals surface area (Å²) < 4.78 is 23.0. The van der Waals surface area contributed by atoms with E-state index in [0.29, 0.717) is 83.9 Å². The van der Waals surface area contributed by atoms with Crippen molar-refractivity contribution in [2.75, 3.05) is 52.9 Å². The van der Waals surface area contributed by atoms with Crippen molar-refractivity contribution in [1.82, 2.24) is 29.7 Å². The Morgan fingerprint density at radius 3 is 1.44 bits per heavy atom. The first-order valence-corrected chi connectivity index (χ1v) is 43.4. The number of hydrogen-bond acceptors (Lipinski definition) is 30. The number of carbonyl (C=O) groups is 11. The molecular formula is C85H104ClN11O16S7. The Balaban J connectivity index is 0.000000221. The number of amides is 1. The third-order valence-corrected chi connectivity index (χ3v) is 24.5. The highest BCUT2D eigenvalue weighted by Gasteiger charge is 2.36. The average molecular weight is 1800 g/mol. The quantitative estimate of drug-likeness (QED) is 0.0131. The summed E-state index contributed by atoms with van der Waals surface area (Å²) in [5.74, 6) is -1.81. The zero-order chi connectivity index (χ0) is 88.5. The lowest BCUT2D eigenvalue weighted by Crippen LogP contribution is -2.28. The van der Waals surface area contributed by atoms with Gasteiger partial charge in [0.15, 0.2) is 23.3 Å². The number of esters is 4. The number of aromatic carboxylic acids is 1. The Hall–Kier alpha value is -9.81. The number of nitrogens with two attached hydrogens (primary N) is 2. The van der Waals surface area contributed by atoms with E-state index in [0.717, 1.165) is 127 Å². The van der Waals surface area contributed by atoms with Crippen molar-refractivity contribution in [1.29, 1.82) is 0 Å². The number of rotatable bonds is 9. The highest BCUT2D eigenvalue weighted by Crippen LogP contribution is 2.41. The SMILES string of the molecule is C=C.CC(C)(C)OC(=O)c1cc2c(s1)CCCC2=O.CN(C)/C=C1/CCc2sc(C(=O)OC(C)(C)C)cc2C1=O.CN1C(=O)C(=CC2C(=O)CCCC2=O)SC1=S.CN=C(N)N.CNc1ncc2c(n1)-c1cc(C(=O)OC(C)(C)C)sc1CC2.CNc1ncc2ccc3sc(C(=O)OC(C)(C)C)cc3c2n1.Cl.O=C(O)c1cc2c(s1)CCCC2=O. The lowest BCUT2D eigenvalue weighted by molar-refractivity contribution is -0.133. The number of thiocarbonyl (C=S) groups is 1. The van der Waals surface area contributed by atoms with E-state index in [9.17, 15) is 52.7 Å². The van der Waals surface area contributed by atoms with Gasteiger partial charge in [0, 0.05) is 149 Å². The van der Waals surface area contributed by atoms with Crippen molar-refractivity contribution >= 4 is 201 Å². The molecule has 7 N–H and O–H groups in total. The van der Waals surface area contributed by atoms with Gasteiger partial charge in [-0.25, -0.2) is 43.9 Å². The summed E-state index contributed by atoms with van der Waals surface area (Å²) in [4.78, 5) is 161. The number of thioether (sulfide) groups is 1. The minimum Gasteiger partial charge on any atom is -0.477 e. The zero-order valence-corrected chi connectivity index (χ0v) is 77.2. The molecule has 644 valence electrons. The maximum Gasteiger partial charge on any atom is 0.348 e. The number of ketones is 5. The largest absolute Gasteiger partial charge is 0.477 e. The Kier molecular flexibility index (Phi) is 35.6. The number of hydrogen-bond donors (Lipinski definition) is 5. The van der Waals surface area contributed by atoms with Crippen LogP contribution in [0.1, 0.15) is 239 Å². The molecule has 120 heavy (non-hydrogen) atoms. The van der Waals surface area contributed by atoms with E-state index in [-0.39, 0.29) is 81.9 Å². The molecule has 2 fully saturated rings. The molecular weight excluding hydrogens is 1690 g/mol. The fourth-order valence-corrected chi connectivity index (χ4v) is 18.3. The van der Waals surface area contributed by atoms with Gasteiger partial charge >= 0.3 is 29.8 Å². The summed E-state index contributed by atoms with van der Waals surface area (Å²) in [5.41, 5.74) is 14.3. The van der Waals surface area contributed by atoms with Crippen LogP contribution in [-0.2, 0) is 65.4 Å². The predicted molar refractivity (Wildman–Crippen MR) is 485 cm³/mol. The summed E-state index contributed by atoms with van der Waals surface area (Å²) >= 11 is 13.0. The molecule has 0 bridgehead atoms. The van der Waals surface area contributed by atoms with Crippen LogP contribution in [0.25, 0.3) is 32.2 Å². The van der Waals surface area contributed by atoms with E-state index in [1.807, 2.05) is 139 Å². The second kappa shape index (κ2) is 43.1. The van der Waals surface area contributed by atoms with Gasteiger partial charge in [0.1, 0.15) is 62.7 Å². The van der Waals surface area contributed by atoms with Crippen LogP contribution in [0.5, 0.6) is 0 Å². The van der Waals surface area contributed by atoms with Crippen LogP contribution in [0.2, 0.25) is 0 Å². The molecule has 1 saturated carbocycles. The van der Waals surface area contributed by atoms with E-state index < -0.39 is 34.3 Å². The van der Waals surface area contributed by atoms with Crippen LogP contribution in [0.3, 0.4) is 0 Å². The number of Topliss-reactive ketones (excluding diaryl/α,β-unsaturated/α-hetero) is 5. The number of ether oxygens (including phenoxy) is 4. The number of fused-ring (bicyclic) bond motifs is 9. The van der Waals surface area contributed by atoms with E-state index >= 15 is 0 Å². The number of aliphatic imine (C=N–C) groups is 1. The number of thiophene rings is 5. The standard InChI is InChI=1S/C16H19N3O2S.C16H17N3O2S.C16H21NO3S.C13H16O3S.C11H11NO3S2.C9H8O3S.C2H7N3.C2H4.ClH/c2*1-16(2,3)21-14(20)12-7-10-11(22-12)6-5-9-8-18-15(17-4)19-13(9)10;1-16(2,3)20-15(19)13-8-11-12(21-13)7-6-10(14(11)18)9-17(4)5;1-13(2,3)16-12(15)11-7-8-9(14)5-4-6-10(8)17-11;1-12-10(15)9(17-11(12)16)5-6-7(13)3-2-4-8(6)14;10-6-2-1-3-7-5(6)4-8(13-7)9(11)12;1-5-2(3)4;1-2;/h7-8H,5-6H2,1-4H3,(H,17,18,19);5-8H,1-4H3,(H,17,18,19);8-9H,6-7H2,1-5H3;7H,4-6H2,1-3H3;5-6H,2-4H2,1H3;4H,1-3H2,(H,11,12);1H3,(H4,3,4,5);1-2H2;1H/b;;10-9-;;;;;;. The van der Waals surface area contributed by atoms with Crippen LogP contribution in [0.15, 0.2) is 95.8 Å². The van der Waals surface area contributed by atoms with Gasteiger partial charge in [0.25, 0.3) is 5.91 Å². The number of nitrogens with one attached hydrogen (secondary N) is 2. The molecule has 14 rings (SSSR count). The lowest BCUT2D eigenvalue weighted by Gasteiger charge is -2.18. The second-order valence-electron chi connectivity index (χ2n) is 31.6. The van der Waals surface area contributed by atoms with Gasteiger partial charge in [0.2, 0.25) is 11.9 Å². The lowest BCUT2D eigenvalue weighted by atomic mass is 9.86. The van der Waals surface area contributed by atoms with Crippen molar-refractivity contribution in [2.45, 2.75) is 189 Å². The first-order chi connectivity index (χ1) is 55.7. The van der Waals surface area contributed by atoms with Crippen molar-refractivity contribution < 1.29 is 76.8 Å². The smallest absolute Gasteiger partial charge is 0.348 e. The third-order valence-electron chi connectivity index (χ3n) is 17.2. The van der Waals surface area contributed by atoms with Crippen LogP contribution < -0.4 is 22.1 Å². The van der Waals surface area contributed by atoms with Crippen LogP contribution in [0.4, 0.5) is 11.9 Å². The number of carbonyl (C=O) groups excluding carboxylic acids is 10. The molecule has 8 heterocycles. The number of benzene rings is 1. The van der Waals surface area contributed by atoms with Crippen LogP contribution >= 0.6 is 93.1 Å². The van der Waals surface area contributed by atoms with Gasteiger partial charge in [0.05, 0.1) is 22.0 Å². The molecule has 5 aliphatic carbocycles. The molecule has 0 unspecified atom stereocenters. The van der Waals surface area contributed by atoms with Crippen molar-refractivity contribution in [2.24, 2.45) is 22.4 Å². The molecule has 1 saturated heterocycles. The van der Waals surface area contributed by atoms with Gasteiger partial charge in [-0.2, -0.15) is 0 Å². The maximum absolute atomic E-state index is 12.4. The van der Waals surface area contributed by atoms with Crippen LogP contribution in [0, 0.1) is 5.92 Å². The number of allylic oxidation sites excluding steroid dienone is 2. The monoisotopic (exact) mass is 1790 g/mol. The second-order valence-corrected chi connectivity index (χ2v) is 38.9. The fraction of sp³-hybridized carbons (Fsp3) is 0.424. The van der Waals surface area contributed by atoms with Crippen molar-refractivity contribution in [3.05, 3.63) is 157 Å². The average Bonchev–Trinajstić information content (AvgIpc) is 1.60. The molecule has 1 aromatic carbocycles. The molecule has 0 spiro atoms. The first-order valence-electron chi connectivity index (χ1n) is 38.1. The number of aromatic nitrogens is 4. The fourth-order valence-electron chi connectivity index (χ4n) is 11.9. The Morgan fingerprint density at radius 1 is 0.583 bits per heavy atom. The topological polar surface area (TPSA) is 391 Å². The molecule has 0 atom stereocenters. The van der Waals surface area contributed by atoms with Gasteiger partial charge in [-0.05, 0) is 195 Å². The number of carboxylic acids is 1. The molecule has 6 aliphatic rings. The summed E-state index contributed by atoms with van der Waals surface area (Å²) in [7, 11) is 10.5. The minimum absolute atomic E-state index is 0. The van der Waals surface area contributed by atoms with Crippen molar-refractivity contribution in [3.63, 3.8) is 0 Å². The number of anilines is 2. The molecule has 1 aliphatic heterocycles. The Labute approximate surface area is 734 Å². The number of likely N-dealkylation sites (N-methyl/N-ethyl adjacent to an activating group) is 1. The number of guanidine groups is 1. The Bertz CT molecular complexity index is 5270. The van der Waals surface area contributed by atoms with E-state index in [1.54, 1.807) is 39.5 Å². The third kappa shape index (κ3) is 27.9. The van der Waals surface area contributed by atoms with E-state index in [1.165, 1.54) is 85.7 Å². The molecule has 7 aromatic heterocycles. The maximum atomic E-state index is 12.4. The van der Waals surface area contributed by atoms with E-state index in [2.05, 4.69) is 48.7 Å². The van der Waals surface area contributed by atoms with Crippen LogP contribution in [-0.4, -0.2) is 174 Å². The van der Waals surface area contributed by atoms with Gasteiger partial charge in [-0.1, -0.05) is 24.0 Å². The number of nitrogens with zero attached hydrogens (tertiary/aromatic N) is 7. The molecule has 1 amide bonds. The van der Waals surface area contributed by atoms with Gasteiger partial charge < -0.3 is 51.1 Å². The number of halogens is 1.